The Labute approximate surface area is 243 Å². The van der Waals surface area contributed by atoms with Crippen molar-refractivity contribution in [3.8, 4) is 45.4 Å². The molecule has 0 radical (unpaired) electrons. The molecule has 0 bridgehead atoms. The summed E-state index contributed by atoms with van der Waals surface area (Å²) in [6, 6.07) is 49.8. The molecule has 0 N–H and O–H groups in total. The zero-order valence-electron chi connectivity index (χ0n) is 22.6. The van der Waals surface area contributed by atoms with Crippen molar-refractivity contribution >= 4 is 32.4 Å². The van der Waals surface area contributed by atoms with E-state index in [2.05, 4.69) is 78.9 Å². The maximum atomic E-state index is 5.19. The summed E-state index contributed by atoms with van der Waals surface area (Å²) in [6.45, 7) is 0. The van der Waals surface area contributed by atoms with E-state index in [1.165, 1.54) is 16.2 Å². The molecule has 8 rings (SSSR count). The third-order valence-electron chi connectivity index (χ3n) is 7.68. The predicted octanol–water partition coefficient (Wildman–Crippen LogP) is 9.39. The molecular weight excluding hydrogens is 512 g/mol. The van der Waals surface area contributed by atoms with E-state index in [1.54, 1.807) is 0 Å². The molecule has 0 atom stereocenters. The molecule has 0 spiro atoms. The van der Waals surface area contributed by atoms with Crippen molar-refractivity contribution in [1.82, 2.24) is 19.9 Å². The van der Waals surface area contributed by atoms with Gasteiger partial charge in [-0.1, -0.05) is 133 Å². The Kier molecular flexibility index (Phi) is 5.75. The van der Waals surface area contributed by atoms with Crippen LogP contribution < -0.4 is 0 Å². The summed E-state index contributed by atoms with van der Waals surface area (Å²) < 4.78 is 0. The molecule has 0 aliphatic carbocycles. The molecule has 2 heterocycles. The van der Waals surface area contributed by atoms with Crippen molar-refractivity contribution in [3.63, 3.8) is 0 Å². The van der Waals surface area contributed by atoms with Crippen molar-refractivity contribution in [2.75, 3.05) is 0 Å². The van der Waals surface area contributed by atoms with Gasteiger partial charge in [0.25, 0.3) is 0 Å². The Morgan fingerprint density at radius 2 is 0.881 bits per heavy atom. The summed E-state index contributed by atoms with van der Waals surface area (Å²) in [4.78, 5) is 19.9. The van der Waals surface area contributed by atoms with Gasteiger partial charge in [-0.25, -0.2) is 19.9 Å². The van der Waals surface area contributed by atoms with Crippen LogP contribution in [-0.2, 0) is 0 Å². The van der Waals surface area contributed by atoms with Crippen LogP contribution in [0.2, 0.25) is 0 Å². The van der Waals surface area contributed by atoms with E-state index in [4.69, 9.17) is 19.9 Å². The molecule has 0 saturated heterocycles. The fourth-order valence-electron chi connectivity index (χ4n) is 5.69. The molecular formula is C38H24N4. The van der Waals surface area contributed by atoms with Crippen molar-refractivity contribution in [2.24, 2.45) is 0 Å². The highest BCUT2D eigenvalue weighted by Gasteiger charge is 2.16. The number of aromatic nitrogens is 4. The number of benzene rings is 6. The minimum absolute atomic E-state index is 0.625. The minimum atomic E-state index is 0.625. The zero-order valence-corrected chi connectivity index (χ0v) is 22.6. The van der Waals surface area contributed by atoms with Gasteiger partial charge in [-0.05, 0) is 22.9 Å². The number of hydrogen-bond acceptors (Lipinski definition) is 4. The molecule has 0 saturated carbocycles. The van der Waals surface area contributed by atoms with Gasteiger partial charge in [0.05, 0.1) is 11.2 Å². The molecule has 4 heteroatoms. The fourth-order valence-corrected chi connectivity index (χ4v) is 5.69. The highest BCUT2D eigenvalue weighted by Crippen LogP contribution is 2.38. The number of para-hydroxylation sites is 1. The molecule has 42 heavy (non-hydrogen) atoms. The molecule has 0 fully saturated rings. The van der Waals surface area contributed by atoms with E-state index in [-0.39, 0.29) is 0 Å². The highest BCUT2D eigenvalue weighted by molar-refractivity contribution is 6.22. The molecule has 0 aliphatic heterocycles. The van der Waals surface area contributed by atoms with Crippen molar-refractivity contribution in [1.29, 1.82) is 0 Å². The molecule has 8 aromatic rings. The van der Waals surface area contributed by atoms with Crippen LogP contribution in [0.3, 0.4) is 0 Å². The largest absolute Gasteiger partial charge is 0.247 e. The smallest absolute Gasteiger partial charge is 0.164 e. The van der Waals surface area contributed by atoms with Gasteiger partial charge in [0, 0.05) is 38.4 Å². The van der Waals surface area contributed by atoms with Gasteiger partial charge in [0.2, 0.25) is 0 Å². The maximum Gasteiger partial charge on any atom is 0.164 e. The summed E-state index contributed by atoms with van der Waals surface area (Å²) in [7, 11) is 0. The van der Waals surface area contributed by atoms with E-state index < -0.39 is 0 Å². The first kappa shape index (κ1) is 24.1. The Hall–Kier alpha value is -5.74. The molecule has 0 unspecified atom stereocenters. The van der Waals surface area contributed by atoms with Crippen molar-refractivity contribution in [2.45, 2.75) is 0 Å². The van der Waals surface area contributed by atoms with E-state index in [9.17, 15) is 0 Å². The van der Waals surface area contributed by atoms with Gasteiger partial charge in [0.15, 0.2) is 17.5 Å². The quantitative estimate of drug-likeness (QED) is 0.210. The molecule has 196 valence electrons. The lowest BCUT2D eigenvalue weighted by molar-refractivity contribution is 1.07. The van der Waals surface area contributed by atoms with Crippen LogP contribution in [0.15, 0.2) is 146 Å². The normalized spacial score (nSPS) is 11.3. The second-order valence-electron chi connectivity index (χ2n) is 10.3. The van der Waals surface area contributed by atoms with Gasteiger partial charge < -0.3 is 0 Å². The zero-order chi connectivity index (χ0) is 27.9. The maximum absolute atomic E-state index is 5.19. The summed E-state index contributed by atoms with van der Waals surface area (Å²) in [5.74, 6) is 1.91. The van der Waals surface area contributed by atoms with Crippen LogP contribution in [0.1, 0.15) is 0 Å². The van der Waals surface area contributed by atoms with Crippen LogP contribution in [0.5, 0.6) is 0 Å². The Morgan fingerprint density at radius 1 is 0.333 bits per heavy atom. The molecule has 6 aromatic carbocycles. The van der Waals surface area contributed by atoms with Gasteiger partial charge in [0.1, 0.15) is 0 Å². The topological polar surface area (TPSA) is 51.6 Å². The number of rotatable bonds is 4. The summed E-state index contributed by atoms with van der Waals surface area (Å²) in [6.07, 6.45) is 0. The van der Waals surface area contributed by atoms with Gasteiger partial charge >= 0.3 is 0 Å². The summed E-state index contributed by atoms with van der Waals surface area (Å²) >= 11 is 0. The average molecular weight is 537 g/mol. The van der Waals surface area contributed by atoms with E-state index >= 15 is 0 Å². The molecule has 4 nitrogen and oxygen atoms in total. The lowest BCUT2D eigenvalue weighted by Gasteiger charge is -2.13. The number of nitrogens with zero attached hydrogens (tertiary/aromatic N) is 4. The monoisotopic (exact) mass is 536 g/mol. The standard InChI is InChI=1S/C38H24N4/c1-3-13-26(14-4-1)36-40-37(27-15-5-2-6-16-27)42-38(41-36)29-18-11-17-28(24-29)35-32-23-22-25-12-7-8-19-30(25)34(32)31-20-9-10-21-33(31)39-35/h1-24H. The number of hydrogen-bond donors (Lipinski definition) is 0. The summed E-state index contributed by atoms with van der Waals surface area (Å²) in [5, 5.41) is 5.94. The molecule has 0 aliphatic rings. The minimum Gasteiger partial charge on any atom is -0.247 e. The van der Waals surface area contributed by atoms with Crippen molar-refractivity contribution in [3.05, 3.63) is 146 Å². The number of pyridine rings is 1. The Balaban J connectivity index is 1.35. The first-order chi connectivity index (χ1) is 20.8. The van der Waals surface area contributed by atoms with Crippen LogP contribution in [0.4, 0.5) is 0 Å². The van der Waals surface area contributed by atoms with Crippen LogP contribution in [0.25, 0.3) is 77.9 Å². The third-order valence-corrected chi connectivity index (χ3v) is 7.68. The SMILES string of the molecule is c1ccc(-c2nc(-c3ccccc3)nc(-c3cccc(-c4nc5ccccc5c5c4ccc4ccccc45)c3)n2)cc1. The van der Waals surface area contributed by atoms with E-state index in [0.29, 0.717) is 17.5 Å². The van der Waals surface area contributed by atoms with Crippen LogP contribution in [0, 0.1) is 0 Å². The Bertz CT molecular complexity index is 2170. The lowest BCUT2D eigenvalue weighted by Crippen LogP contribution is -2.00. The third kappa shape index (κ3) is 4.18. The summed E-state index contributed by atoms with van der Waals surface area (Å²) in [5.41, 5.74) is 5.73. The van der Waals surface area contributed by atoms with E-state index in [0.717, 1.165) is 44.2 Å². The average Bonchev–Trinajstić information content (AvgIpc) is 3.08. The van der Waals surface area contributed by atoms with Crippen molar-refractivity contribution < 1.29 is 0 Å². The van der Waals surface area contributed by atoms with Gasteiger partial charge in [-0.2, -0.15) is 0 Å². The fraction of sp³-hybridized carbons (Fsp3) is 0. The first-order valence-electron chi connectivity index (χ1n) is 14.0. The van der Waals surface area contributed by atoms with E-state index in [1.807, 2.05) is 66.7 Å². The Morgan fingerprint density at radius 3 is 1.60 bits per heavy atom. The van der Waals surface area contributed by atoms with Crippen LogP contribution >= 0.6 is 0 Å². The predicted molar refractivity (Wildman–Crippen MR) is 172 cm³/mol. The highest BCUT2D eigenvalue weighted by atomic mass is 15.0. The molecule has 0 amide bonds. The van der Waals surface area contributed by atoms with Crippen LogP contribution in [-0.4, -0.2) is 19.9 Å². The number of fused-ring (bicyclic) bond motifs is 5. The lowest BCUT2D eigenvalue weighted by atomic mass is 9.95. The second kappa shape index (κ2) is 10.0. The second-order valence-corrected chi connectivity index (χ2v) is 10.3. The molecule has 2 aromatic heterocycles. The van der Waals surface area contributed by atoms with Gasteiger partial charge in [-0.3, -0.25) is 0 Å². The van der Waals surface area contributed by atoms with Gasteiger partial charge in [-0.15, -0.1) is 0 Å². The first-order valence-corrected chi connectivity index (χ1v) is 14.0.